The highest BCUT2D eigenvalue weighted by Gasteiger charge is 2.25. The van der Waals surface area contributed by atoms with E-state index in [9.17, 15) is 8.42 Å². The van der Waals surface area contributed by atoms with Gasteiger partial charge in [0.05, 0.1) is 18.1 Å². The van der Waals surface area contributed by atoms with Crippen molar-refractivity contribution in [1.82, 2.24) is 0 Å². The van der Waals surface area contributed by atoms with Crippen LogP contribution in [0.25, 0.3) is 0 Å². The van der Waals surface area contributed by atoms with Crippen molar-refractivity contribution >= 4 is 9.84 Å². The molecule has 5 heteroatoms. The van der Waals surface area contributed by atoms with Crippen LogP contribution in [0.3, 0.4) is 0 Å². The SMILES string of the molecule is COCCS(=O)(=O)CC(N)C1CCCCC1. The molecule has 1 fully saturated rings. The Hall–Kier alpha value is -0.130. The van der Waals surface area contributed by atoms with Crippen LogP contribution in [-0.4, -0.2) is 39.7 Å². The standard InChI is InChI=1S/C11H23NO3S/c1-15-7-8-16(13,14)9-11(12)10-5-3-2-4-6-10/h10-11H,2-9,12H2,1H3. The number of hydrogen-bond acceptors (Lipinski definition) is 4. The highest BCUT2D eigenvalue weighted by atomic mass is 32.2. The summed E-state index contributed by atoms with van der Waals surface area (Å²) in [5.41, 5.74) is 5.99. The van der Waals surface area contributed by atoms with Crippen molar-refractivity contribution in [2.75, 3.05) is 25.2 Å². The van der Waals surface area contributed by atoms with Crippen LogP contribution in [0, 0.1) is 5.92 Å². The molecule has 0 aliphatic heterocycles. The highest BCUT2D eigenvalue weighted by molar-refractivity contribution is 7.91. The first-order valence-electron chi connectivity index (χ1n) is 6.00. The van der Waals surface area contributed by atoms with Crippen LogP contribution in [0.4, 0.5) is 0 Å². The van der Waals surface area contributed by atoms with Gasteiger partial charge >= 0.3 is 0 Å². The van der Waals surface area contributed by atoms with Gasteiger partial charge in [-0.25, -0.2) is 8.42 Å². The molecule has 0 aromatic heterocycles. The topological polar surface area (TPSA) is 69.4 Å². The zero-order valence-corrected chi connectivity index (χ0v) is 10.8. The third-order valence-corrected chi connectivity index (χ3v) is 4.98. The van der Waals surface area contributed by atoms with Crippen molar-refractivity contribution in [3.05, 3.63) is 0 Å². The molecule has 0 spiro atoms. The van der Waals surface area contributed by atoms with Crippen LogP contribution in [0.1, 0.15) is 32.1 Å². The number of sulfone groups is 1. The average Bonchev–Trinajstić information content (AvgIpc) is 2.27. The van der Waals surface area contributed by atoms with Gasteiger partial charge in [0.15, 0.2) is 9.84 Å². The fourth-order valence-electron chi connectivity index (χ4n) is 2.29. The lowest BCUT2D eigenvalue weighted by molar-refractivity contribution is 0.217. The molecule has 0 amide bonds. The Morgan fingerprint density at radius 2 is 1.94 bits per heavy atom. The summed E-state index contributed by atoms with van der Waals surface area (Å²) in [6, 6.07) is -0.192. The minimum absolute atomic E-state index is 0.0872. The predicted molar refractivity (Wildman–Crippen MR) is 65.1 cm³/mol. The van der Waals surface area contributed by atoms with E-state index in [1.54, 1.807) is 0 Å². The monoisotopic (exact) mass is 249 g/mol. The van der Waals surface area contributed by atoms with Crippen molar-refractivity contribution in [2.24, 2.45) is 11.7 Å². The van der Waals surface area contributed by atoms with Gasteiger partial charge in [0.25, 0.3) is 0 Å². The van der Waals surface area contributed by atoms with E-state index in [0.29, 0.717) is 5.92 Å². The zero-order chi connectivity index (χ0) is 12.0. The van der Waals surface area contributed by atoms with Gasteiger partial charge in [0.2, 0.25) is 0 Å². The van der Waals surface area contributed by atoms with E-state index in [1.807, 2.05) is 0 Å². The molecule has 1 saturated carbocycles. The molecule has 1 unspecified atom stereocenters. The third-order valence-electron chi connectivity index (χ3n) is 3.30. The van der Waals surface area contributed by atoms with Crippen molar-refractivity contribution in [3.8, 4) is 0 Å². The van der Waals surface area contributed by atoms with E-state index >= 15 is 0 Å². The molecule has 4 nitrogen and oxygen atoms in total. The molecule has 2 N–H and O–H groups in total. The first-order chi connectivity index (χ1) is 7.55. The molecule has 0 saturated heterocycles. The summed E-state index contributed by atoms with van der Waals surface area (Å²) < 4.78 is 28.1. The zero-order valence-electron chi connectivity index (χ0n) is 10.0. The Kier molecular flexibility index (Phi) is 5.72. The lowest BCUT2D eigenvalue weighted by Crippen LogP contribution is -2.39. The van der Waals surface area contributed by atoms with Gasteiger partial charge in [-0.1, -0.05) is 19.3 Å². The molecule has 96 valence electrons. The highest BCUT2D eigenvalue weighted by Crippen LogP contribution is 2.26. The second kappa shape index (κ2) is 6.57. The van der Waals surface area contributed by atoms with Crippen LogP contribution in [0.2, 0.25) is 0 Å². The van der Waals surface area contributed by atoms with Crippen LogP contribution in [-0.2, 0) is 14.6 Å². The maximum Gasteiger partial charge on any atom is 0.154 e. The quantitative estimate of drug-likeness (QED) is 0.761. The lowest BCUT2D eigenvalue weighted by atomic mass is 9.85. The minimum atomic E-state index is -3.04. The fraction of sp³-hybridized carbons (Fsp3) is 1.00. The van der Waals surface area contributed by atoms with E-state index in [4.69, 9.17) is 10.5 Å². The smallest absolute Gasteiger partial charge is 0.154 e. The number of rotatable bonds is 6. The molecule has 1 aliphatic rings. The molecular weight excluding hydrogens is 226 g/mol. The summed E-state index contributed by atoms with van der Waals surface area (Å²) in [6.45, 7) is 0.264. The first-order valence-corrected chi connectivity index (χ1v) is 7.82. The van der Waals surface area contributed by atoms with Gasteiger partial charge in [-0.05, 0) is 18.8 Å². The normalized spacial score (nSPS) is 20.9. The molecule has 16 heavy (non-hydrogen) atoms. The van der Waals surface area contributed by atoms with Crippen LogP contribution in [0.5, 0.6) is 0 Å². The number of hydrogen-bond donors (Lipinski definition) is 1. The summed E-state index contributed by atoms with van der Waals surface area (Å²) >= 11 is 0. The summed E-state index contributed by atoms with van der Waals surface area (Å²) in [7, 11) is -1.53. The van der Waals surface area contributed by atoms with E-state index in [-0.39, 0.29) is 24.2 Å². The lowest BCUT2D eigenvalue weighted by Gasteiger charge is -2.27. The minimum Gasteiger partial charge on any atom is -0.384 e. The van der Waals surface area contributed by atoms with Crippen molar-refractivity contribution in [2.45, 2.75) is 38.1 Å². The maximum absolute atomic E-state index is 11.7. The van der Waals surface area contributed by atoms with Gasteiger partial charge in [0, 0.05) is 13.2 Å². The van der Waals surface area contributed by atoms with E-state index in [1.165, 1.54) is 26.4 Å². The average molecular weight is 249 g/mol. The van der Waals surface area contributed by atoms with Gasteiger partial charge in [-0.2, -0.15) is 0 Å². The molecule has 1 rings (SSSR count). The van der Waals surface area contributed by atoms with Gasteiger partial charge in [-0.15, -0.1) is 0 Å². The van der Waals surface area contributed by atoms with E-state index in [2.05, 4.69) is 0 Å². The second-order valence-corrected chi connectivity index (χ2v) is 6.90. The maximum atomic E-state index is 11.7. The van der Waals surface area contributed by atoms with E-state index in [0.717, 1.165) is 12.8 Å². The summed E-state index contributed by atoms with van der Waals surface area (Å²) in [4.78, 5) is 0. The molecule has 1 aliphatic carbocycles. The Balaban J connectivity index is 2.39. The van der Waals surface area contributed by atoms with Crippen molar-refractivity contribution in [3.63, 3.8) is 0 Å². The predicted octanol–water partition coefficient (Wildman–Crippen LogP) is 0.955. The third kappa shape index (κ3) is 4.80. The summed E-state index contributed by atoms with van der Waals surface area (Å²) in [5.74, 6) is 0.594. The van der Waals surface area contributed by atoms with Gasteiger partial charge < -0.3 is 10.5 Å². The summed E-state index contributed by atoms with van der Waals surface area (Å²) in [5, 5.41) is 0. The molecule has 1 atom stereocenters. The molecule has 0 aromatic rings. The fourth-order valence-corrected chi connectivity index (χ4v) is 3.73. The Morgan fingerprint density at radius 3 is 2.50 bits per heavy atom. The Morgan fingerprint density at radius 1 is 1.31 bits per heavy atom. The molecule has 0 bridgehead atoms. The van der Waals surface area contributed by atoms with Crippen molar-refractivity contribution in [1.29, 1.82) is 0 Å². The van der Waals surface area contributed by atoms with Crippen LogP contribution in [0.15, 0.2) is 0 Å². The van der Waals surface area contributed by atoms with Gasteiger partial charge in [0.1, 0.15) is 0 Å². The molecule has 0 aromatic carbocycles. The van der Waals surface area contributed by atoms with Crippen molar-refractivity contribution < 1.29 is 13.2 Å². The largest absolute Gasteiger partial charge is 0.384 e. The number of nitrogens with two attached hydrogens (primary N) is 1. The summed E-state index contributed by atoms with van der Waals surface area (Å²) in [6.07, 6.45) is 5.81. The van der Waals surface area contributed by atoms with E-state index < -0.39 is 9.84 Å². The molecule has 0 radical (unpaired) electrons. The molecular formula is C11H23NO3S. The molecule has 0 heterocycles. The number of ether oxygens (including phenoxy) is 1. The van der Waals surface area contributed by atoms with Crippen LogP contribution < -0.4 is 5.73 Å². The Labute approximate surface area is 98.5 Å². The van der Waals surface area contributed by atoms with Crippen LogP contribution >= 0.6 is 0 Å². The first kappa shape index (κ1) is 13.9. The number of methoxy groups -OCH3 is 1. The Bertz CT molecular complexity index is 284. The second-order valence-electron chi connectivity index (χ2n) is 4.67. The van der Waals surface area contributed by atoms with Gasteiger partial charge in [-0.3, -0.25) is 0 Å².